The van der Waals surface area contributed by atoms with Crippen LogP contribution in [0.5, 0.6) is 0 Å². The minimum Gasteiger partial charge on any atom is -0.481 e. The molecule has 4 heteroatoms. The molecule has 1 fully saturated rings. The van der Waals surface area contributed by atoms with Crippen LogP contribution in [0, 0.1) is 17.8 Å². The molecule has 1 N–H and O–H groups in total. The van der Waals surface area contributed by atoms with Gasteiger partial charge in [0.2, 0.25) is 0 Å². The second kappa shape index (κ2) is 6.27. The van der Waals surface area contributed by atoms with Crippen LogP contribution < -0.4 is 0 Å². The highest BCUT2D eigenvalue weighted by atomic mass is 16.4. The standard InChI is InChI=1S/C18H25NO3/c1-12-7-8-14-13-4-2-5-17(20)15(13)9-10-16(14)19(12)11-3-6-18(21)22/h2,4,10,12-15H,3,5-9,11H2,1H3,(H,21,22)/t12?,13?,14-,15?/m0/s1. The van der Waals surface area contributed by atoms with E-state index in [1.54, 1.807) is 0 Å². The van der Waals surface area contributed by atoms with Gasteiger partial charge in [0.05, 0.1) is 0 Å². The van der Waals surface area contributed by atoms with E-state index in [4.69, 9.17) is 5.11 Å². The van der Waals surface area contributed by atoms with Gasteiger partial charge >= 0.3 is 5.97 Å². The number of aliphatic carboxylic acids is 1. The highest BCUT2D eigenvalue weighted by molar-refractivity contribution is 5.84. The van der Waals surface area contributed by atoms with Gasteiger partial charge in [-0.25, -0.2) is 0 Å². The molecule has 3 rings (SSSR count). The van der Waals surface area contributed by atoms with Gasteiger partial charge in [0.1, 0.15) is 5.78 Å². The number of hydrogen-bond acceptors (Lipinski definition) is 3. The van der Waals surface area contributed by atoms with Gasteiger partial charge in [0.15, 0.2) is 0 Å². The lowest BCUT2D eigenvalue weighted by atomic mass is 9.66. The van der Waals surface area contributed by atoms with Crippen molar-refractivity contribution in [1.82, 2.24) is 4.90 Å². The monoisotopic (exact) mass is 303 g/mol. The molecule has 1 heterocycles. The fourth-order valence-corrected chi connectivity index (χ4v) is 4.39. The van der Waals surface area contributed by atoms with Crippen LogP contribution >= 0.6 is 0 Å². The van der Waals surface area contributed by atoms with E-state index in [9.17, 15) is 9.59 Å². The maximum atomic E-state index is 12.1. The summed E-state index contributed by atoms with van der Waals surface area (Å²) in [5.41, 5.74) is 1.37. The summed E-state index contributed by atoms with van der Waals surface area (Å²) >= 11 is 0. The van der Waals surface area contributed by atoms with Crippen LogP contribution in [0.1, 0.15) is 45.4 Å². The highest BCUT2D eigenvalue weighted by Crippen LogP contribution is 2.46. The molecule has 3 unspecified atom stereocenters. The Bertz CT molecular complexity index is 522. The summed E-state index contributed by atoms with van der Waals surface area (Å²) in [6, 6.07) is 0.469. The average Bonchev–Trinajstić information content (AvgIpc) is 2.49. The number of carboxylic acid groups (broad SMARTS) is 1. The molecular formula is C18H25NO3. The number of hydrogen-bond donors (Lipinski definition) is 1. The lowest BCUT2D eigenvalue weighted by molar-refractivity contribution is -0.137. The topological polar surface area (TPSA) is 57.6 Å². The molecule has 0 aromatic heterocycles. The number of carbonyl (C=O) groups excluding carboxylic acids is 1. The molecule has 0 aromatic rings. The largest absolute Gasteiger partial charge is 0.481 e. The normalized spacial score (nSPS) is 34.0. The van der Waals surface area contributed by atoms with Crippen LogP contribution in [0.25, 0.3) is 0 Å². The summed E-state index contributed by atoms with van der Waals surface area (Å²) in [4.78, 5) is 25.3. The molecule has 4 atom stereocenters. The van der Waals surface area contributed by atoms with Gasteiger partial charge in [-0.05, 0) is 38.5 Å². The smallest absolute Gasteiger partial charge is 0.303 e. The number of carboxylic acids is 1. The minimum absolute atomic E-state index is 0.174. The summed E-state index contributed by atoms with van der Waals surface area (Å²) in [7, 11) is 0. The van der Waals surface area contributed by atoms with Crippen molar-refractivity contribution < 1.29 is 14.7 Å². The molecule has 1 saturated heterocycles. The minimum atomic E-state index is -0.722. The fraction of sp³-hybridized carbons (Fsp3) is 0.667. The van der Waals surface area contributed by atoms with E-state index in [0.717, 1.165) is 25.8 Å². The molecule has 3 aliphatic rings. The molecule has 0 bridgehead atoms. The first kappa shape index (κ1) is 15.3. The number of piperidine rings is 1. The van der Waals surface area contributed by atoms with Crippen LogP contribution in [0.3, 0.4) is 0 Å². The second-order valence-corrected chi connectivity index (χ2v) is 6.87. The highest BCUT2D eigenvalue weighted by Gasteiger charge is 2.42. The van der Waals surface area contributed by atoms with E-state index in [-0.39, 0.29) is 12.3 Å². The Morgan fingerprint density at radius 1 is 1.36 bits per heavy atom. The van der Waals surface area contributed by atoms with Gasteiger partial charge in [-0.2, -0.15) is 0 Å². The molecule has 0 aromatic carbocycles. The number of allylic oxidation sites excluding steroid dienone is 4. The summed E-state index contributed by atoms with van der Waals surface area (Å²) < 4.78 is 0. The predicted molar refractivity (Wildman–Crippen MR) is 84.2 cm³/mol. The Labute approximate surface area is 131 Å². The fourth-order valence-electron chi connectivity index (χ4n) is 4.39. The SMILES string of the molecule is CC1CC[C@@H]2C(=CCC3C(=O)CC=CC32)N1CCCC(=O)O. The maximum Gasteiger partial charge on any atom is 0.303 e. The van der Waals surface area contributed by atoms with Crippen molar-refractivity contribution in [2.75, 3.05) is 6.54 Å². The molecule has 2 aliphatic carbocycles. The van der Waals surface area contributed by atoms with Crippen molar-refractivity contribution in [2.24, 2.45) is 17.8 Å². The summed E-state index contributed by atoms with van der Waals surface area (Å²) in [6.45, 7) is 3.04. The number of likely N-dealkylation sites (tertiary alicyclic amines) is 1. The van der Waals surface area contributed by atoms with E-state index < -0.39 is 5.97 Å². The Morgan fingerprint density at radius 3 is 2.95 bits per heavy atom. The number of fused-ring (bicyclic) bond motifs is 3. The zero-order chi connectivity index (χ0) is 15.7. The van der Waals surface area contributed by atoms with Crippen molar-refractivity contribution in [3.05, 3.63) is 23.9 Å². The Morgan fingerprint density at radius 2 is 2.18 bits per heavy atom. The van der Waals surface area contributed by atoms with Gasteiger partial charge < -0.3 is 10.0 Å². The van der Waals surface area contributed by atoms with Crippen molar-refractivity contribution in [3.8, 4) is 0 Å². The van der Waals surface area contributed by atoms with Gasteiger partial charge in [-0.15, -0.1) is 0 Å². The first-order chi connectivity index (χ1) is 10.6. The van der Waals surface area contributed by atoms with Crippen molar-refractivity contribution in [1.29, 1.82) is 0 Å². The molecule has 0 amide bonds. The van der Waals surface area contributed by atoms with Gasteiger partial charge in [0, 0.05) is 43.0 Å². The Kier molecular flexibility index (Phi) is 4.37. The first-order valence-electron chi connectivity index (χ1n) is 8.45. The van der Waals surface area contributed by atoms with E-state index in [0.29, 0.717) is 36.5 Å². The molecule has 0 saturated carbocycles. The van der Waals surface area contributed by atoms with Crippen LogP contribution in [-0.4, -0.2) is 34.3 Å². The van der Waals surface area contributed by atoms with E-state index >= 15 is 0 Å². The zero-order valence-corrected chi connectivity index (χ0v) is 13.2. The Balaban J connectivity index is 1.76. The van der Waals surface area contributed by atoms with Crippen molar-refractivity contribution in [3.63, 3.8) is 0 Å². The van der Waals surface area contributed by atoms with Gasteiger partial charge in [-0.3, -0.25) is 9.59 Å². The molecule has 22 heavy (non-hydrogen) atoms. The van der Waals surface area contributed by atoms with Crippen LogP contribution in [0.2, 0.25) is 0 Å². The quantitative estimate of drug-likeness (QED) is 0.811. The second-order valence-electron chi connectivity index (χ2n) is 6.87. The van der Waals surface area contributed by atoms with Gasteiger partial charge in [-0.1, -0.05) is 18.2 Å². The third-order valence-electron chi connectivity index (χ3n) is 5.53. The molecule has 0 radical (unpaired) electrons. The van der Waals surface area contributed by atoms with Crippen molar-refractivity contribution in [2.45, 2.75) is 51.5 Å². The third-order valence-corrected chi connectivity index (χ3v) is 5.53. The van der Waals surface area contributed by atoms with E-state index in [1.165, 1.54) is 5.70 Å². The molecule has 0 spiro atoms. The van der Waals surface area contributed by atoms with Crippen LogP contribution in [0.15, 0.2) is 23.9 Å². The average molecular weight is 303 g/mol. The van der Waals surface area contributed by atoms with Crippen LogP contribution in [0.4, 0.5) is 0 Å². The van der Waals surface area contributed by atoms with Gasteiger partial charge in [0.25, 0.3) is 0 Å². The number of ketones is 1. The number of Topliss-reactive ketones (excluding diaryl/α,β-unsaturated/α-hetero) is 1. The summed E-state index contributed by atoms with van der Waals surface area (Å²) in [6.07, 6.45) is 11.2. The molecule has 4 nitrogen and oxygen atoms in total. The maximum absolute atomic E-state index is 12.1. The van der Waals surface area contributed by atoms with Crippen molar-refractivity contribution >= 4 is 11.8 Å². The zero-order valence-electron chi connectivity index (χ0n) is 13.2. The molecular weight excluding hydrogens is 278 g/mol. The Hall–Kier alpha value is -1.58. The molecule has 120 valence electrons. The number of carbonyl (C=O) groups is 2. The molecule has 1 aliphatic heterocycles. The third kappa shape index (κ3) is 2.83. The number of nitrogens with zero attached hydrogens (tertiary/aromatic N) is 1. The lowest BCUT2D eigenvalue weighted by Gasteiger charge is -2.48. The lowest BCUT2D eigenvalue weighted by Crippen LogP contribution is -2.46. The van der Waals surface area contributed by atoms with E-state index in [1.807, 2.05) is 6.08 Å². The summed E-state index contributed by atoms with van der Waals surface area (Å²) in [5, 5.41) is 8.85. The number of rotatable bonds is 4. The summed E-state index contributed by atoms with van der Waals surface area (Å²) in [5.74, 6) is 0.641. The van der Waals surface area contributed by atoms with E-state index in [2.05, 4.69) is 24.0 Å². The first-order valence-corrected chi connectivity index (χ1v) is 8.45. The van der Waals surface area contributed by atoms with Crippen LogP contribution in [-0.2, 0) is 9.59 Å². The predicted octanol–water partition coefficient (Wildman–Crippen LogP) is 3.00.